The van der Waals surface area contributed by atoms with E-state index in [9.17, 15) is 9.59 Å². The highest BCUT2D eigenvalue weighted by Gasteiger charge is 2.12. The number of carbonyl (C=O) groups excluding carboxylic acids is 2. The fourth-order valence-corrected chi connectivity index (χ4v) is 2.41. The van der Waals surface area contributed by atoms with Crippen LogP contribution in [-0.4, -0.2) is 31.7 Å². The summed E-state index contributed by atoms with van der Waals surface area (Å²) in [6.45, 7) is 5.94. The number of nitrogens with one attached hydrogen (secondary N) is 1. The quantitative estimate of drug-likeness (QED) is 0.679. The average Bonchev–Trinajstić information content (AvgIpc) is 2.66. The van der Waals surface area contributed by atoms with Gasteiger partial charge in [-0.25, -0.2) is 4.79 Å². The van der Waals surface area contributed by atoms with E-state index in [2.05, 4.69) is 5.32 Å². The van der Waals surface area contributed by atoms with Crippen LogP contribution in [-0.2, 0) is 14.3 Å². The number of rotatable bonds is 9. The SMILES string of the molecule is CCOc1ccc(NC(=O)COC(=O)COc2ccccc2C(C)C)cc1. The third kappa shape index (κ3) is 6.66. The van der Waals surface area contributed by atoms with Crippen LogP contribution in [0.1, 0.15) is 32.3 Å². The van der Waals surface area contributed by atoms with E-state index in [1.54, 1.807) is 30.3 Å². The fraction of sp³-hybridized carbons (Fsp3) is 0.333. The second-order valence-electron chi connectivity index (χ2n) is 6.15. The maximum absolute atomic E-state index is 11.9. The van der Waals surface area contributed by atoms with Gasteiger partial charge in [-0.3, -0.25) is 4.79 Å². The Morgan fingerprint density at radius 3 is 2.33 bits per heavy atom. The molecule has 1 amide bonds. The molecule has 0 fully saturated rings. The van der Waals surface area contributed by atoms with Crippen LogP contribution in [0.3, 0.4) is 0 Å². The van der Waals surface area contributed by atoms with Crippen molar-refractivity contribution in [2.75, 3.05) is 25.1 Å². The van der Waals surface area contributed by atoms with Gasteiger partial charge in [0.15, 0.2) is 13.2 Å². The summed E-state index contributed by atoms with van der Waals surface area (Å²) in [5.41, 5.74) is 1.61. The first kappa shape index (κ1) is 20.3. The first-order chi connectivity index (χ1) is 13.0. The third-order valence-electron chi connectivity index (χ3n) is 3.70. The lowest BCUT2D eigenvalue weighted by Crippen LogP contribution is -2.23. The van der Waals surface area contributed by atoms with E-state index < -0.39 is 11.9 Å². The van der Waals surface area contributed by atoms with Crippen molar-refractivity contribution in [1.82, 2.24) is 0 Å². The normalized spacial score (nSPS) is 10.4. The highest BCUT2D eigenvalue weighted by molar-refractivity contribution is 5.92. The summed E-state index contributed by atoms with van der Waals surface area (Å²) in [5.74, 6) is 0.617. The van der Waals surface area contributed by atoms with E-state index in [-0.39, 0.29) is 19.1 Å². The molecule has 0 aromatic heterocycles. The fourth-order valence-electron chi connectivity index (χ4n) is 2.41. The van der Waals surface area contributed by atoms with E-state index in [1.807, 2.05) is 39.0 Å². The van der Waals surface area contributed by atoms with Crippen LogP contribution in [0.4, 0.5) is 5.69 Å². The molecule has 6 nitrogen and oxygen atoms in total. The Labute approximate surface area is 159 Å². The lowest BCUT2D eigenvalue weighted by Gasteiger charge is -2.13. The molecule has 0 atom stereocenters. The molecule has 0 saturated carbocycles. The van der Waals surface area contributed by atoms with Gasteiger partial charge in [0, 0.05) is 5.69 Å². The Bertz CT molecular complexity index is 755. The van der Waals surface area contributed by atoms with Gasteiger partial charge in [-0.2, -0.15) is 0 Å². The smallest absolute Gasteiger partial charge is 0.344 e. The molecule has 27 heavy (non-hydrogen) atoms. The van der Waals surface area contributed by atoms with Crippen molar-refractivity contribution in [3.63, 3.8) is 0 Å². The van der Waals surface area contributed by atoms with E-state index in [1.165, 1.54) is 0 Å². The topological polar surface area (TPSA) is 73.9 Å². The maximum atomic E-state index is 11.9. The van der Waals surface area contributed by atoms with Crippen molar-refractivity contribution in [2.45, 2.75) is 26.7 Å². The zero-order chi connectivity index (χ0) is 19.6. The molecular weight excluding hydrogens is 346 g/mol. The summed E-state index contributed by atoms with van der Waals surface area (Å²) in [6, 6.07) is 14.5. The number of amides is 1. The minimum atomic E-state index is -0.601. The number of hydrogen-bond acceptors (Lipinski definition) is 5. The minimum Gasteiger partial charge on any atom is -0.494 e. The second kappa shape index (κ2) is 10.2. The monoisotopic (exact) mass is 371 g/mol. The predicted octanol–water partition coefficient (Wildman–Crippen LogP) is 3.77. The largest absolute Gasteiger partial charge is 0.494 e. The van der Waals surface area contributed by atoms with E-state index in [0.717, 1.165) is 11.3 Å². The summed E-state index contributed by atoms with van der Waals surface area (Å²) < 4.78 is 15.8. The molecule has 0 spiro atoms. The maximum Gasteiger partial charge on any atom is 0.344 e. The lowest BCUT2D eigenvalue weighted by molar-refractivity contribution is -0.149. The average molecular weight is 371 g/mol. The molecule has 0 heterocycles. The van der Waals surface area contributed by atoms with Crippen LogP contribution in [0.25, 0.3) is 0 Å². The zero-order valence-electron chi connectivity index (χ0n) is 15.9. The first-order valence-electron chi connectivity index (χ1n) is 8.89. The number of benzene rings is 2. The van der Waals surface area contributed by atoms with Gasteiger partial charge in [0.2, 0.25) is 0 Å². The first-order valence-corrected chi connectivity index (χ1v) is 8.89. The van der Waals surface area contributed by atoms with Crippen molar-refractivity contribution in [1.29, 1.82) is 0 Å². The Hall–Kier alpha value is -3.02. The number of para-hydroxylation sites is 1. The Kier molecular flexibility index (Phi) is 7.67. The number of esters is 1. The van der Waals surface area contributed by atoms with Gasteiger partial charge in [-0.05, 0) is 48.7 Å². The third-order valence-corrected chi connectivity index (χ3v) is 3.70. The molecule has 0 bridgehead atoms. The van der Waals surface area contributed by atoms with Crippen LogP contribution >= 0.6 is 0 Å². The van der Waals surface area contributed by atoms with E-state index in [0.29, 0.717) is 18.0 Å². The summed E-state index contributed by atoms with van der Waals surface area (Å²) in [5, 5.41) is 2.65. The molecule has 0 radical (unpaired) electrons. The number of hydrogen-bond donors (Lipinski definition) is 1. The second-order valence-corrected chi connectivity index (χ2v) is 6.15. The van der Waals surface area contributed by atoms with Gasteiger partial charge in [0.25, 0.3) is 5.91 Å². The number of anilines is 1. The van der Waals surface area contributed by atoms with Crippen molar-refractivity contribution in [2.24, 2.45) is 0 Å². The molecule has 2 aromatic carbocycles. The predicted molar refractivity (Wildman–Crippen MR) is 103 cm³/mol. The van der Waals surface area contributed by atoms with Crippen LogP contribution in [0.5, 0.6) is 11.5 Å². The Morgan fingerprint density at radius 2 is 1.67 bits per heavy atom. The van der Waals surface area contributed by atoms with E-state index >= 15 is 0 Å². The molecule has 1 N–H and O–H groups in total. The Morgan fingerprint density at radius 1 is 0.963 bits per heavy atom. The van der Waals surface area contributed by atoms with Gasteiger partial charge < -0.3 is 19.5 Å². The van der Waals surface area contributed by atoms with Crippen molar-refractivity contribution in [3.8, 4) is 11.5 Å². The molecule has 0 aliphatic heterocycles. The summed E-state index contributed by atoms with van der Waals surface area (Å²) >= 11 is 0. The molecule has 0 saturated heterocycles. The summed E-state index contributed by atoms with van der Waals surface area (Å²) in [6.07, 6.45) is 0. The lowest BCUT2D eigenvalue weighted by atomic mass is 10.0. The molecular formula is C21H25NO5. The number of ether oxygens (including phenoxy) is 3. The molecule has 144 valence electrons. The van der Waals surface area contributed by atoms with Gasteiger partial charge in [0.1, 0.15) is 11.5 Å². The van der Waals surface area contributed by atoms with Crippen molar-refractivity contribution in [3.05, 3.63) is 54.1 Å². The minimum absolute atomic E-state index is 0.250. The van der Waals surface area contributed by atoms with Crippen LogP contribution in [0, 0.1) is 0 Å². The van der Waals surface area contributed by atoms with Crippen LogP contribution in [0.2, 0.25) is 0 Å². The van der Waals surface area contributed by atoms with Gasteiger partial charge in [0.05, 0.1) is 6.61 Å². The van der Waals surface area contributed by atoms with Crippen molar-refractivity contribution < 1.29 is 23.8 Å². The standard InChI is InChI=1S/C21H25NO5/c1-4-25-17-11-9-16(10-12-17)22-20(23)13-27-21(24)14-26-19-8-6-5-7-18(19)15(2)3/h5-12,15H,4,13-14H2,1-3H3,(H,22,23). The van der Waals surface area contributed by atoms with E-state index in [4.69, 9.17) is 14.2 Å². The van der Waals surface area contributed by atoms with Gasteiger partial charge in [-0.1, -0.05) is 32.0 Å². The van der Waals surface area contributed by atoms with Crippen LogP contribution in [0.15, 0.2) is 48.5 Å². The van der Waals surface area contributed by atoms with Crippen LogP contribution < -0.4 is 14.8 Å². The highest BCUT2D eigenvalue weighted by Crippen LogP contribution is 2.25. The highest BCUT2D eigenvalue weighted by atomic mass is 16.6. The molecule has 0 aliphatic rings. The molecule has 0 unspecified atom stereocenters. The molecule has 2 rings (SSSR count). The molecule has 0 aliphatic carbocycles. The Balaban J connectivity index is 1.76. The van der Waals surface area contributed by atoms with Crippen molar-refractivity contribution >= 4 is 17.6 Å². The molecule has 2 aromatic rings. The number of carbonyl (C=O) groups is 2. The summed E-state index contributed by atoms with van der Waals surface area (Å²) in [4.78, 5) is 23.7. The van der Waals surface area contributed by atoms with Gasteiger partial charge in [-0.15, -0.1) is 0 Å². The molecule has 6 heteroatoms. The van der Waals surface area contributed by atoms with Gasteiger partial charge >= 0.3 is 5.97 Å². The summed E-state index contributed by atoms with van der Waals surface area (Å²) in [7, 11) is 0. The zero-order valence-corrected chi connectivity index (χ0v) is 15.9.